The maximum atomic E-state index is 12.7. The lowest BCUT2D eigenvalue weighted by molar-refractivity contribution is -0.137. The number of carbonyl (C=O) groups is 1. The molecule has 1 spiro atoms. The van der Waals surface area contributed by atoms with E-state index in [4.69, 9.17) is 0 Å². The summed E-state index contributed by atoms with van der Waals surface area (Å²) >= 11 is 0. The fourth-order valence-electron chi connectivity index (χ4n) is 2.55. The van der Waals surface area contributed by atoms with Crippen molar-refractivity contribution in [1.82, 2.24) is 0 Å². The number of anilines is 2. The number of nitrogens with zero attached hydrogens (tertiary/aromatic N) is 1. The zero-order valence-corrected chi connectivity index (χ0v) is 10.3. The highest BCUT2D eigenvalue weighted by Crippen LogP contribution is 2.50. The fourth-order valence-corrected chi connectivity index (χ4v) is 2.55. The average Bonchev–Trinajstić information content (AvgIpc) is 3.08. The Morgan fingerprint density at radius 2 is 2.00 bits per heavy atom. The van der Waals surface area contributed by atoms with Gasteiger partial charge in [0.1, 0.15) is 0 Å². The maximum absolute atomic E-state index is 12.7. The van der Waals surface area contributed by atoms with Gasteiger partial charge in [-0.3, -0.25) is 4.79 Å². The molecular weight excluding hydrogens is 257 g/mol. The Balaban J connectivity index is 2.03. The van der Waals surface area contributed by atoms with Gasteiger partial charge in [-0.1, -0.05) is 0 Å². The fraction of sp³-hybridized carbons (Fsp3) is 0.462. The summed E-state index contributed by atoms with van der Waals surface area (Å²) < 4.78 is 38.1. The third-order valence-electron chi connectivity index (χ3n) is 3.86. The average molecular weight is 270 g/mol. The summed E-state index contributed by atoms with van der Waals surface area (Å²) in [5.74, 6) is -0.169. The van der Waals surface area contributed by atoms with Gasteiger partial charge < -0.3 is 10.2 Å². The van der Waals surface area contributed by atoms with E-state index in [0.717, 1.165) is 25.0 Å². The highest BCUT2D eigenvalue weighted by atomic mass is 19.4. The molecule has 3 rings (SSSR count). The number of fused-ring (bicyclic) bond motifs is 1. The first-order valence-corrected chi connectivity index (χ1v) is 6.06. The van der Waals surface area contributed by atoms with Crippen LogP contribution in [-0.2, 0) is 11.0 Å². The monoisotopic (exact) mass is 270 g/mol. The van der Waals surface area contributed by atoms with Crippen LogP contribution in [0.3, 0.4) is 0 Å². The molecule has 0 radical (unpaired) electrons. The van der Waals surface area contributed by atoms with Gasteiger partial charge in [-0.25, -0.2) is 0 Å². The van der Waals surface area contributed by atoms with E-state index in [1.165, 1.54) is 6.07 Å². The van der Waals surface area contributed by atoms with Crippen molar-refractivity contribution in [1.29, 1.82) is 0 Å². The van der Waals surface area contributed by atoms with Crippen molar-refractivity contribution in [3.05, 3.63) is 23.8 Å². The summed E-state index contributed by atoms with van der Waals surface area (Å²) in [5, 5.41) is 2.64. The van der Waals surface area contributed by atoms with Gasteiger partial charge in [0, 0.05) is 13.6 Å². The van der Waals surface area contributed by atoms with E-state index in [1.807, 2.05) is 4.90 Å². The summed E-state index contributed by atoms with van der Waals surface area (Å²) in [7, 11) is 1.80. The van der Waals surface area contributed by atoms with Crippen LogP contribution < -0.4 is 10.2 Å². The van der Waals surface area contributed by atoms with Crippen LogP contribution in [0.5, 0.6) is 0 Å². The van der Waals surface area contributed by atoms with E-state index < -0.39 is 17.2 Å². The maximum Gasteiger partial charge on any atom is 0.416 e. The molecule has 1 amide bonds. The van der Waals surface area contributed by atoms with E-state index in [9.17, 15) is 18.0 Å². The Hall–Kier alpha value is -1.72. The van der Waals surface area contributed by atoms with Gasteiger partial charge in [0.05, 0.1) is 22.4 Å². The molecule has 1 fully saturated rings. The van der Waals surface area contributed by atoms with Crippen molar-refractivity contribution < 1.29 is 18.0 Å². The summed E-state index contributed by atoms with van der Waals surface area (Å²) in [5.41, 5.74) is -0.283. The molecule has 19 heavy (non-hydrogen) atoms. The third kappa shape index (κ3) is 1.95. The molecule has 2 aliphatic rings. The number of benzene rings is 1. The first-order valence-electron chi connectivity index (χ1n) is 6.06. The van der Waals surface area contributed by atoms with Crippen LogP contribution in [0.1, 0.15) is 18.4 Å². The first-order chi connectivity index (χ1) is 8.82. The van der Waals surface area contributed by atoms with Crippen molar-refractivity contribution in [3.8, 4) is 0 Å². The predicted octanol–water partition coefficient (Wildman–Crippen LogP) is 2.87. The number of alkyl halides is 3. The van der Waals surface area contributed by atoms with Crippen LogP contribution in [-0.4, -0.2) is 19.5 Å². The number of carbonyl (C=O) groups excluding carboxylic acids is 1. The normalized spacial score (nSPS) is 20.8. The van der Waals surface area contributed by atoms with Gasteiger partial charge >= 0.3 is 6.18 Å². The van der Waals surface area contributed by atoms with Crippen LogP contribution in [0.15, 0.2) is 18.2 Å². The van der Waals surface area contributed by atoms with Crippen LogP contribution in [0, 0.1) is 5.41 Å². The highest BCUT2D eigenvalue weighted by molar-refractivity contribution is 6.01. The van der Waals surface area contributed by atoms with Crippen molar-refractivity contribution in [2.45, 2.75) is 19.0 Å². The van der Waals surface area contributed by atoms with E-state index in [1.54, 1.807) is 7.05 Å². The second kappa shape index (κ2) is 3.65. The van der Waals surface area contributed by atoms with E-state index in [-0.39, 0.29) is 11.6 Å². The van der Waals surface area contributed by atoms with Crippen LogP contribution in [0.2, 0.25) is 0 Å². The molecule has 1 aromatic rings. The molecule has 0 unspecified atom stereocenters. The molecule has 1 aliphatic carbocycles. The molecular formula is C13H13F3N2O. The standard InChI is InChI=1S/C13H13F3N2O/c1-18-7-12(4-5-12)11(19)17-9-6-8(13(14,15)16)2-3-10(9)18/h2-3,6H,4-5,7H2,1H3,(H,17,19). The second-order valence-corrected chi connectivity index (χ2v) is 5.32. The number of nitrogens with one attached hydrogen (secondary N) is 1. The molecule has 1 heterocycles. The molecule has 1 N–H and O–H groups in total. The van der Waals surface area contributed by atoms with Gasteiger partial charge in [-0.2, -0.15) is 13.2 Å². The lowest BCUT2D eigenvalue weighted by atomic mass is 10.1. The van der Waals surface area contributed by atoms with Crippen molar-refractivity contribution in [3.63, 3.8) is 0 Å². The van der Waals surface area contributed by atoms with Crippen molar-refractivity contribution in [2.24, 2.45) is 5.41 Å². The number of hydrogen-bond acceptors (Lipinski definition) is 2. The molecule has 0 saturated heterocycles. The molecule has 6 heteroatoms. The number of halogens is 3. The summed E-state index contributed by atoms with van der Waals surface area (Å²) in [6.07, 6.45) is -2.81. The van der Waals surface area contributed by atoms with Gasteiger partial charge in [0.2, 0.25) is 5.91 Å². The largest absolute Gasteiger partial charge is 0.416 e. The molecule has 1 aromatic carbocycles. The molecule has 0 aromatic heterocycles. The van der Waals surface area contributed by atoms with Crippen LogP contribution in [0.4, 0.5) is 24.5 Å². The van der Waals surface area contributed by atoms with Gasteiger partial charge in [0.15, 0.2) is 0 Å². The minimum absolute atomic E-state index is 0.169. The minimum atomic E-state index is -4.40. The molecule has 0 bridgehead atoms. The quantitative estimate of drug-likeness (QED) is 0.786. The minimum Gasteiger partial charge on any atom is -0.372 e. The molecule has 102 valence electrons. The summed E-state index contributed by atoms with van der Waals surface area (Å²) in [6, 6.07) is 3.47. The Bertz CT molecular complexity index is 549. The lowest BCUT2D eigenvalue weighted by Crippen LogP contribution is -2.31. The van der Waals surface area contributed by atoms with Crippen molar-refractivity contribution >= 4 is 17.3 Å². The SMILES string of the molecule is CN1CC2(CC2)C(=O)Nc2cc(C(F)(F)F)ccc21. The lowest BCUT2D eigenvalue weighted by Gasteiger charge is -2.21. The summed E-state index contributed by atoms with van der Waals surface area (Å²) in [4.78, 5) is 13.9. The highest BCUT2D eigenvalue weighted by Gasteiger charge is 2.52. The van der Waals surface area contributed by atoms with Gasteiger partial charge in [-0.15, -0.1) is 0 Å². The van der Waals surface area contributed by atoms with Crippen LogP contribution in [0.25, 0.3) is 0 Å². The number of rotatable bonds is 0. The summed E-state index contributed by atoms with van der Waals surface area (Å²) in [6.45, 7) is 0.553. The first kappa shape index (κ1) is 12.3. The predicted molar refractivity (Wildman–Crippen MR) is 65.0 cm³/mol. The zero-order valence-electron chi connectivity index (χ0n) is 10.3. The molecule has 1 aliphatic heterocycles. The Morgan fingerprint density at radius 3 is 2.58 bits per heavy atom. The third-order valence-corrected chi connectivity index (χ3v) is 3.86. The topological polar surface area (TPSA) is 32.3 Å². The van der Waals surface area contributed by atoms with Gasteiger partial charge in [-0.05, 0) is 31.0 Å². The van der Waals surface area contributed by atoms with E-state index in [2.05, 4.69) is 5.32 Å². The second-order valence-electron chi connectivity index (χ2n) is 5.32. The zero-order chi connectivity index (χ0) is 13.8. The van der Waals surface area contributed by atoms with Crippen molar-refractivity contribution in [2.75, 3.05) is 23.8 Å². The molecule has 3 nitrogen and oxygen atoms in total. The Morgan fingerprint density at radius 1 is 1.32 bits per heavy atom. The Labute approximate surface area is 108 Å². The number of hydrogen-bond donors (Lipinski definition) is 1. The van der Waals surface area contributed by atoms with Crippen LogP contribution >= 0.6 is 0 Å². The van der Waals surface area contributed by atoms with Gasteiger partial charge in [0.25, 0.3) is 0 Å². The van der Waals surface area contributed by atoms with E-state index >= 15 is 0 Å². The smallest absolute Gasteiger partial charge is 0.372 e. The Kier molecular flexibility index (Phi) is 2.37. The molecule has 0 atom stereocenters. The number of amides is 1. The van der Waals surface area contributed by atoms with E-state index in [0.29, 0.717) is 12.2 Å². The molecule has 1 saturated carbocycles.